The molecule has 0 aliphatic rings. The molecule has 0 aromatic rings. The Hall–Kier alpha value is 0.180. The third kappa shape index (κ3) is 7.27. The van der Waals surface area contributed by atoms with Gasteiger partial charge in [0.25, 0.3) is 0 Å². The van der Waals surface area contributed by atoms with Crippen molar-refractivity contribution in [2.45, 2.75) is 26.7 Å². The number of rotatable bonds is 8. The molecule has 0 heterocycles. The summed E-state index contributed by atoms with van der Waals surface area (Å²) in [5.41, 5.74) is 0. The monoisotopic (exact) mass is 248 g/mol. The fraction of sp³-hybridized carbons (Fsp3) is 0.818. The van der Waals surface area contributed by atoms with Gasteiger partial charge in [0.15, 0.2) is 0 Å². The maximum absolute atomic E-state index is 5.57. The Bertz CT molecular complexity index is 123. The molecule has 0 saturated carbocycles. The predicted molar refractivity (Wildman–Crippen MR) is 62.4 cm³/mol. The van der Waals surface area contributed by atoms with Crippen molar-refractivity contribution in [3.05, 3.63) is 12.7 Å². The SMILES string of the molecule is C=CCCCOCC(CBr)C(C)C. The molecule has 0 amide bonds. The van der Waals surface area contributed by atoms with Gasteiger partial charge >= 0.3 is 0 Å². The number of halogens is 1. The summed E-state index contributed by atoms with van der Waals surface area (Å²) in [4.78, 5) is 0. The van der Waals surface area contributed by atoms with Crippen molar-refractivity contribution in [3.8, 4) is 0 Å². The van der Waals surface area contributed by atoms with Gasteiger partial charge < -0.3 is 4.74 Å². The van der Waals surface area contributed by atoms with Crippen molar-refractivity contribution in [3.63, 3.8) is 0 Å². The van der Waals surface area contributed by atoms with E-state index in [0.29, 0.717) is 11.8 Å². The molecule has 0 N–H and O–H groups in total. The van der Waals surface area contributed by atoms with E-state index >= 15 is 0 Å². The van der Waals surface area contributed by atoms with Gasteiger partial charge in [-0.1, -0.05) is 35.9 Å². The van der Waals surface area contributed by atoms with Crippen LogP contribution < -0.4 is 0 Å². The molecule has 0 spiro atoms. The lowest BCUT2D eigenvalue weighted by molar-refractivity contribution is 0.0906. The highest BCUT2D eigenvalue weighted by molar-refractivity contribution is 9.09. The van der Waals surface area contributed by atoms with E-state index in [9.17, 15) is 0 Å². The minimum atomic E-state index is 0.642. The molecule has 1 unspecified atom stereocenters. The highest BCUT2D eigenvalue weighted by atomic mass is 79.9. The van der Waals surface area contributed by atoms with E-state index in [4.69, 9.17) is 4.74 Å². The molecule has 13 heavy (non-hydrogen) atoms. The normalized spacial score (nSPS) is 13.2. The maximum Gasteiger partial charge on any atom is 0.0504 e. The molecular formula is C11H21BrO. The van der Waals surface area contributed by atoms with E-state index in [1.54, 1.807) is 0 Å². The summed E-state index contributed by atoms with van der Waals surface area (Å²) >= 11 is 3.50. The maximum atomic E-state index is 5.57. The van der Waals surface area contributed by atoms with Crippen molar-refractivity contribution in [2.24, 2.45) is 11.8 Å². The lowest BCUT2D eigenvalue weighted by atomic mass is 9.99. The van der Waals surface area contributed by atoms with Gasteiger partial charge in [-0.15, -0.1) is 6.58 Å². The molecular weight excluding hydrogens is 228 g/mol. The first-order valence-electron chi connectivity index (χ1n) is 4.97. The van der Waals surface area contributed by atoms with E-state index in [1.807, 2.05) is 6.08 Å². The van der Waals surface area contributed by atoms with Crippen molar-refractivity contribution in [2.75, 3.05) is 18.5 Å². The number of allylic oxidation sites excluding steroid dienone is 1. The molecule has 0 aromatic heterocycles. The second-order valence-corrected chi connectivity index (χ2v) is 4.31. The number of hydrogen-bond acceptors (Lipinski definition) is 1. The second-order valence-electron chi connectivity index (χ2n) is 3.66. The molecule has 1 atom stereocenters. The molecule has 0 aliphatic heterocycles. The van der Waals surface area contributed by atoms with Crippen LogP contribution in [-0.2, 0) is 4.74 Å². The van der Waals surface area contributed by atoms with Crippen LogP contribution in [0.2, 0.25) is 0 Å². The van der Waals surface area contributed by atoms with Gasteiger partial charge in [-0.3, -0.25) is 0 Å². The van der Waals surface area contributed by atoms with Crippen LogP contribution in [0.5, 0.6) is 0 Å². The highest BCUT2D eigenvalue weighted by Crippen LogP contribution is 2.13. The first-order valence-corrected chi connectivity index (χ1v) is 6.09. The van der Waals surface area contributed by atoms with Gasteiger partial charge in [0, 0.05) is 11.9 Å². The number of ether oxygens (including phenoxy) is 1. The topological polar surface area (TPSA) is 9.23 Å². The van der Waals surface area contributed by atoms with Crippen LogP contribution in [0.4, 0.5) is 0 Å². The van der Waals surface area contributed by atoms with Crippen LogP contribution in [0.3, 0.4) is 0 Å². The predicted octanol–water partition coefficient (Wildman–Crippen LogP) is 3.64. The van der Waals surface area contributed by atoms with Crippen LogP contribution in [0, 0.1) is 11.8 Å². The molecule has 1 nitrogen and oxygen atoms in total. The lowest BCUT2D eigenvalue weighted by Gasteiger charge is -2.17. The molecule has 0 rings (SSSR count). The van der Waals surface area contributed by atoms with Crippen molar-refractivity contribution in [1.82, 2.24) is 0 Å². The molecule has 0 fully saturated rings. The van der Waals surface area contributed by atoms with Crippen LogP contribution >= 0.6 is 15.9 Å². The summed E-state index contributed by atoms with van der Waals surface area (Å²) in [6.07, 6.45) is 4.09. The summed E-state index contributed by atoms with van der Waals surface area (Å²) in [7, 11) is 0. The van der Waals surface area contributed by atoms with Crippen molar-refractivity contribution < 1.29 is 4.74 Å². The van der Waals surface area contributed by atoms with Gasteiger partial charge in [-0.25, -0.2) is 0 Å². The largest absolute Gasteiger partial charge is 0.381 e. The van der Waals surface area contributed by atoms with Gasteiger partial charge in [0.05, 0.1) is 6.61 Å². The van der Waals surface area contributed by atoms with Gasteiger partial charge in [0.2, 0.25) is 0 Å². The smallest absolute Gasteiger partial charge is 0.0504 e. The summed E-state index contributed by atoms with van der Waals surface area (Å²) in [5.74, 6) is 1.34. The standard InChI is InChI=1S/C11H21BrO/c1-4-5-6-7-13-9-11(8-12)10(2)3/h4,10-11H,1,5-9H2,2-3H3. The Labute approximate surface area is 90.7 Å². The molecule has 2 heteroatoms. The molecule has 78 valence electrons. The lowest BCUT2D eigenvalue weighted by Crippen LogP contribution is -2.17. The third-order valence-electron chi connectivity index (χ3n) is 2.17. The van der Waals surface area contributed by atoms with Gasteiger partial charge in [-0.05, 0) is 24.7 Å². The van der Waals surface area contributed by atoms with E-state index in [1.165, 1.54) is 0 Å². The Morgan fingerprint density at radius 1 is 1.46 bits per heavy atom. The van der Waals surface area contributed by atoms with Crippen LogP contribution in [-0.4, -0.2) is 18.5 Å². The Kier molecular flexibility index (Phi) is 8.89. The van der Waals surface area contributed by atoms with E-state index in [0.717, 1.165) is 31.4 Å². The minimum Gasteiger partial charge on any atom is -0.381 e. The summed E-state index contributed by atoms with van der Waals surface area (Å²) in [6, 6.07) is 0. The van der Waals surface area contributed by atoms with Gasteiger partial charge in [0.1, 0.15) is 0 Å². The summed E-state index contributed by atoms with van der Waals surface area (Å²) < 4.78 is 5.57. The Morgan fingerprint density at radius 3 is 2.62 bits per heavy atom. The van der Waals surface area contributed by atoms with Crippen molar-refractivity contribution >= 4 is 15.9 Å². The van der Waals surface area contributed by atoms with Crippen molar-refractivity contribution in [1.29, 1.82) is 0 Å². The second kappa shape index (κ2) is 8.76. The first-order chi connectivity index (χ1) is 6.22. The zero-order chi connectivity index (χ0) is 10.1. The molecule has 0 radical (unpaired) electrons. The van der Waals surface area contributed by atoms with Crippen LogP contribution in [0.1, 0.15) is 26.7 Å². The molecule has 0 aliphatic carbocycles. The van der Waals surface area contributed by atoms with E-state index in [2.05, 4.69) is 36.4 Å². The average molecular weight is 249 g/mol. The minimum absolute atomic E-state index is 0.642. The zero-order valence-electron chi connectivity index (χ0n) is 8.76. The third-order valence-corrected chi connectivity index (χ3v) is 3.00. The summed E-state index contributed by atoms with van der Waals surface area (Å²) in [5, 5.41) is 1.03. The molecule has 0 aromatic carbocycles. The number of hydrogen-bond donors (Lipinski definition) is 0. The van der Waals surface area contributed by atoms with Crippen LogP contribution in [0.25, 0.3) is 0 Å². The fourth-order valence-corrected chi connectivity index (χ4v) is 1.91. The fourth-order valence-electron chi connectivity index (χ4n) is 0.980. The van der Waals surface area contributed by atoms with E-state index < -0.39 is 0 Å². The van der Waals surface area contributed by atoms with Crippen LogP contribution in [0.15, 0.2) is 12.7 Å². The van der Waals surface area contributed by atoms with E-state index in [-0.39, 0.29) is 0 Å². The first kappa shape index (κ1) is 13.2. The zero-order valence-corrected chi connectivity index (χ0v) is 10.3. The number of unbranched alkanes of at least 4 members (excludes halogenated alkanes) is 1. The quantitative estimate of drug-likeness (QED) is 0.362. The van der Waals surface area contributed by atoms with Gasteiger partial charge in [-0.2, -0.15) is 0 Å². The number of alkyl halides is 1. The molecule has 0 bridgehead atoms. The Morgan fingerprint density at radius 2 is 2.15 bits per heavy atom. The Balaban J connectivity index is 3.33. The molecule has 0 saturated heterocycles. The average Bonchev–Trinajstić information content (AvgIpc) is 2.10. The highest BCUT2D eigenvalue weighted by Gasteiger charge is 2.11. The summed E-state index contributed by atoms with van der Waals surface area (Å²) in [6.45, 7) is 9.88.